The molecule has 5 heteroatoms. The highest BCUT2D eigenvalue weighted by Crippen LogP contribution is 2.41. The Labute approximate surface area is 99.2 Å². The lowest BCUT2D eigenvalue weighted by atomic mass is 9.68. The number of hydrogen-bond acceptors (Lipinski definition) is 3. The number of halogens is 2. The molecule has 0 unspecified atom stereocenters. The van der Waals surface area contributed by atoms with Crippen LogP contribution in [0, 0.1) is 5.41 Å². The summed E-state index contributed by atoms with van der Waals surface area (Å²) in [6.07, 6.45) is 3.78. The van der Waals surface area contributed by atoms with Crippen LogP contribution < -0.4 is 5.32 Å². The van der Waals surface area contributed by atoms with Crippen molar-refractivity contribution in [2.24, 2.45) is 5.41 Å². The number of nitrogens with one attached hydrogen (secondary N) is 1. The highest BCUT2D eigenvalue weighted by atomic mass is 35.5. The van der Waals surface area contributed by atoms with Crippen LogP contribution in [0.5, 0.6) is 0 Å². The summed E-state index contributed by atoms with van der Waals surface area (Å²) in [5.74, 6) is 0.636. The molecule has 0 spiro atoms. The van der Waals surface area contributed by atoms with Gasteiger partial charge < -0.3 is 5.32 Å². The van der Waals surface area contributed by atoms with Gasteiger partial charge in [0, 0.05) is 6.04 Å². The fourth-order valence-electron chi connectivity index (χ4n) is 2.02. The van der Waals surface area contributed by atoms with Crippen molar-refractivity contribution in [3.05, 3.63) is 16.5 Å². The second-order valence-electron chi connectivity index (χ2n) is 4.75. The van der Waals surface area contributed by atoms with Gasteiger partial charge >= 0.3 is 0 Å². The molecule has 0 aromatic carbocycles. The minimum absolute atomic E-state index is 0.223. The molecule has 0 saturated heterocycles. The van der Waals surface area contributed by atoms with Gasteiger partial charge in [0.2, 0.25) is 5.28 Å². The molecule has 0 amide bonds. The predicted octanol–water partition coefficient (Wildman–Crippen LogP) is 3.38. The Balaban J connectivity index is 2.03. The van der Waals surface area contributed by atoms with Crippen molar-refractivity contribution < 1.29 is 0 Å². The van der Waals surface area contributed by atoms with Crippen molar-refractivity contribution in [2.45, 2.75) is 32.7 Å². The molecule has 15 heavy (non-hydrogen) atoms. The van der Waals surface area contributed by atoms with Crippen LogP contribution in [0.3, 0.4) is 0 Å². The molecule has 1 fully saturated rings. The molecule has 1 N–H and O–H groups in total. The monoisotopic (exact) mass is 245 g/mol. The van der Waals surface area contributed by atoms with Gasteiger partial charge in [-0.2, -0.15) is 4.98 Å². The van der Waals surface area contributed by atoms with Crippen molar-refractivity contribution in [2.75, 3.05) is 5.32 Å². The molecule has 1 aromatic rings. The Morgan fingerprint density at radius 1 is 1.40 bits per heavy atom. The molecule has 3 nitrogen and oxygen atoms in total. The quantitative estimate of drug-likeness (QED) is 0.813. The standard InChI is InChI=1S/C10H13Cl2N3/c1-10(2)3-6(4-10)14-8-7(11)5-13-9(12)15-8/h5-6H,3-4H2,1-2H3,(H,13,14,15). The first kappa shape index (κ1) is 11.0. The van der Waals surface area contributed by atoms with Gasteiger partial charge in [-0.3, -0.25) is 0 Å². The van der Waals surface area contributed by atoms with E-state index in [2.05, 4.69) is 29.1 Å². The van der Waals surface area contributed by atoms with Crippen LogP contribution in [0.1, 0.15) is 26.7 Å². The zero-order valence-corrected chi connectivity index (χ0v) is 10.2. The Morgan fingerprint density at radius 2 is 2.07 bits per heavy atom. The Hall–Kier alpha value is -0.540. The second kappa shape index (κ2) is 3.80. The second-order valence-corrected chi connectivity index (χ2v) is 5.49. The zero-order chi connectivity index (χ0) is 11.1. The average molecular weight is 246 g/mol. The first-order chi connectivity index (χ1) is 6.96. The maximum Gasteiger partial charge on any atom is 0.224 e. The number of aromatic nitrogens is 2. The molecule has 1 aliphatic carbocycles. The van der Waals surface area contributed by atoms with Crippen LogP contribution in [0.25, 0.3) is 0 Å². The molecule has 1 heterocycles. The summed E-state index contributed by atoms with van der Waals surface area (Å²) < 4.78 is 0. The van der Waals surface area contributed by atoms with Crippen molar-refractivity contribution in [3.8, 4) is 0 Å². The van der Waals surface area contributed by atoms with Crippen molar-refractivity contribution in [1.82, 2.24) is 9.97 Å². The Bertz CT molecular complexity index is 371. The summed E-state index contributed by atoms with van der Waals surface area (Å²) in [7, 11) is 0. The molecule has 0 aliphatic heterocycles. The van der Waals surface area contributed by atoms with Gasteiger partial charge in [-0.15, -0.1) is 0 Å². The third kappa shape index (κ3) is 2.52. The lowest BCUT2D eigenvalue weighted by molar-refractivity contribution is 0.167. The molecule has 1 saturated carbocycles. The van der Waals surface area contributed by atoms with Gasteiger partial charge in [0.25, 0.3) is 0 Å². The fourth-order valence-corrected chi connectivity index (χ4v) is 2.30. The first-order valence-electron chi connectivity index (χ1n) is 4.91. The Kier molecular flexibility index (Phi) is 2.77. The molecule has 1 aromatic heterocycles. The summed E-state index contributed by atoms with van der Waals surface area (Å²) in [5.41, 5.74) is 0.432. The summed E-state index contributed by atoms with van der Waals surface area (Å²) in [5, 5.41) is 4.02. The van der Waals surface area contributed by atoms with Crippen molar-refractivity contribution in [3.63, 3.8) is 0 Å². The molecular weight excluding hydrogens is 233 g/mol. The van der Waals surface area contributed by atoms with Crippen molar-refractivity contribution in [1.29, 1.82) is 0 Å². The van der Waals surface area contributed by atoms with Gasteiger partial charge in [-0.05, 0) is 29.9 Å². The van der Waals surface area contributed by atoms with Crippen LogP contribution in [-0.4, -0.2) is 16.0 Å². The van der Waals surface area contributed by atoms with E-state index in [1.807, 2.05) is 0 Å². The van der Waals surface area contributed by atoms with Crippen LogP contribution in [0.15, 0.2) is 6.20 Å². The summed E-state index contributed by atoms with van der Waals surface area (Å²) in [6.45, 7) is 4.50. The van der Waals surface area contributed by atoms with Crippen LogP contribution in [0.2, 0.25) is 10.3 Å². The van der Waals surface area contributed by atoms with E-state index < -0.39 is 0 Å². The Morgan fingerprint density at radius 3 is 2.67 bits per heavy atom. The number of nitrogens with zero attached hydrogens (tertiary/aromatic N) is 2. The summed E-state index contributed by atoms with van der Waals surface area (Å²) in [4.78, 5) is 7.86. The van der Waals surface area contributed by atoms with E-state index in [4.69, 9.17) is 23.2 Å². The van der Waals surface area contributed by atoms with Crippen LogP contribution in [0.4, 0.5) is 5.82 Å². The van der Waals surface area contributed by atoms with E-state index in [1.165, 1.54) is 6.20 Å². The number of rotatable bonds is 2. The van der Waals surface area contributed by atoms with E-state index in [0.29, 0.717) is 22.3 Å². The van der Waals surface area contributed by atoms with Crippen LogP contribution in [-0.2, 0) is 0 Å². The lowest BCUT2D eigenvalue weighted by Gasteiger charge is -2.43. The SMILES string of the molecule is CC1(C)CC(Nc2nc(Cl)ncc2Cl)C1. The summed E-state index contributed by atoms with van der Waals surface area (Å²) >= 11 is 11.6. The maximum absolute atomic E-state index is 5.95. The van der Waals surface area contributed by atoms with Gasteiger partial charge in [-0.1, -0.05) is 25.4 Å². The average Bonchev–Trinajstić information content (AvgIpc) is 2.08. The minimum atomic E-state index is 0.223. The predicted molar refractivity (Wildman–Crippen MR) is 62.5 cm³/mol. The third-order valence-corrected chi connectivity index (χ3v) is 3.11. The van der Waals surface area contributed by atoms with Crippen LogP contribution >= 0.6 is 23.2 Å². The molecule has 82 valence electrons. The molecule has 0 radical (unpaired) electrons. The molecule has 2 rings (SSSR count). The molecule has 0 atom stereocenters. The van der Waals surface area contributed by atoms with E-state index in [-0.39, 0.29) is 5.28 Å². The van der Waals surface area contributed by atoms with Gasteiger partial charge in [0.1, 0.15) is 10.8 Å². The molecular formula is C10H13Cl2N3. The highest BCUT2D eigenvalue weighted by molar-refractivity contribution is 6.33. The molecule has 1 aliphatic rings. The number of hydrogen-bond donors (Lipinski definition) is 1. The normalized spacial score (nSPS) is 19.7. The first-order valence-corrected chi connectivity index (χ1v) is 5.66. The van der Waals surface area contributed by atoms with E-state index >= 15 is 0 Å². The highest BCUT2D eigenvalue weighted by Gasteiger charge is 2.36. The van der Waals surface area contributed by atoms with Crippen molar-refractivity contribution >= 4 is 29.0 Å². The molecule has 0 bridgehead atoms. The third-order valence-electron chi connectivity index (χ3n) is 2.65. The van der Waals surface area contributed by atoms with Gasteiger partial charge in [-0.25, -0.2) is 4.98 Å². The minimum Gasteiger partial charge on any atom is -0.366 e. The van der Waals surface area contributed by atoms with E-state index in [9.17, 15) is 0 Å². The van der Waals surface area contributed by atoms with Gasteiger partial charge in [0.05, 0.1) is 6.20 Å². The fraction of sp³-hybridized carbons (Fsp3) is 0.600. The van der Waals surface area contributed by atoms with Gasteiger partial charge in [0.15, 0.2) is 0 Å². The maximum atomic E-state index is 5.95. The smallest absolute Gasteiger partial charge is 0.224 e. The largest absolute Gasteiger partial charge is 0.366 e. The topological polar surface area (TPSA) is 37.8 Å². The number of anilines is 1. The summed E-state index contributed by atoms with van der Waals surface area (Å²) in [6, 6.07) is 0.448. The zero-order valence-electron chi connectivity index (χ0n) is 8.72. The van der Waals surface area contributed by atoms with E-state index in [0.717, 1.165) is 12.8 Å². The lowest BCUT2D eigenvalue weighted by Crippen LogP contribution is -2.41. The van der Waals surface area contributed by atoms with E-state index in [1.54, 1.807) is 0 Å².